The number of rotatable bonds is 8. The summed E-state index contributed by atoms with van der Waals surface area (Å²) in [5, 5.41) is 10.7. The van der Waals surface area contributed by atoms with E-state index in [9.17, 15) is 26.4 Å². The van der Waals surface area contributed by atoms with Crippen molar-refractivity contribution < 1.29 is 31.2 Å². The molecule has 0 aliphatic carbocycles. The maximum Gasteiger partial charge on any atom is 0.338 e. The minimum absolute atomic E-state index is 0.0843. The molecule has 48 heavy (non-hydrogen) atoms. The number of carbonyl (C=O) groups excluding carboxylic acids is 2. The second kappa shape index (κ2) is 15.3. The van der Waals surface area contributed by atoms with Crippen molar-refractivity contribution in [2.75, 3.05) is 7.11 Å². The van der Waals surface area contributed by atoms with Crippen LogP contribution in [0.5, 0.6) is 0 Å². The van der Waals surface area contributed by atoms with E-state index in [0.29, 0.717) is 40.7 Å². The number of benzene rings is 4. The van der Waals surface area contributed by atoms with E-state index in [0.717, 1.165) is 16.7 Å². The molecule has 0 heterocycles. The van der Waals surface area contributed by atoms with Crippen molar-refractivity contribution in [2.24, 2.45) is 26.7 Å². The van der Waals surface area contributed by atoms with Crippen LogP contribution < -0.4 is 21.7 Å². The normalized spacial score (nSPS) is 11.2. The zero-order valence-electron chi connectivity index (χ0n) is 27.3. The Labute approximate surface area is 280 Å². The highest BCUT2D eigenvalue weighted by atomic mass is 32.2. The highest BCUT2D eigenvalue weighted by Gasteiger charge is 2.23. The summed E-state index contributed by atoms with van der Waals surface area (Å²) >= 11 is 0. The minimum Gasteiger partial charge on any atom is -0.465 e. The molecule has 0 spiro atoms. The van der Waals surface area contributed by atoms with Gasteiger partial charge in [0.25, 0.3) is 5.91 Å². The topological polar surface area (TPSA) is 228 Å². The SMILES string of the molecule is CCc1cc(-c2ccc(C)cc2)c(S(N)(=O)=O)cc1C(=O)N=C(N)N.CCc1cc(-c2ccc(C)cc2)c(S(N)(=O)=O)cc1C(=O)OC. The van der Waals surface area contributed by atoms with Gasteiger partial charge >= 0.3 is 5.97 Å². The molecule has 254 valence electrons. The van der Waals surface area contributed by atoms with E-state index in [-0.39, 0.29) is 20.9 Å². The van der Waals surface area contributed by atoms with Crippen molar-refractivity contribution in [3.63, 3.8) is 0 Å². The van der Waals surface area contributed by atoms with Crippen LogP contribution in [-0.2, 0) is 37.6 Å². The Balaban J connectivity index is 0.000000261. The van der Waals surface area contributed by atoms with Gasteiger partial charge in [-0.25, -0.2) is 31.9 Å². The molecular formula is C34H39N5O7S2. The van der Waals surface area contributed by atoms with Crippen LogP contribution in [-0.4, -0.2) is 41.8 Å². The van der Waals surface area contributed by atoms with Gasteiger partial charge < -0.3 is 16.2 Å². The number of aryl methyl sites for hydroxylation is 4. The van der Waals surface area contributed by atoms with Crippen molar-refractivity contribution in [3.05, 3.63) is 106 Å². The van der Waals surface area contributed by atoms with Crippen LogP contribution in [0.15, 0.2) is 87.6 Å². The second-order valence-corrected chi connectivity index (χ2v) is 13.9. The van der Waals surface area contributed by atoms with Crippen molar-refractivity contribution in [2.45, 2.75) is 50.3 Å². The standard InChI is InChI=1S/C17H20N4O3S.C17H19NO4S/c1-3-11-8-13(12-6-4-10(2)5-7-12)15(25(20,23)24)9-14(11)16(22)21-17(18)19;1-4-12-9-14(13-7-5-11(2)6-8-13)16(23(18,20)21)10-15(12)17(19)22-3/h4-9H,3H2,1-2H3,(H2,20,23,24)(H4,18,19,21,22);5-10H,4H2,1-3H3,(H2,18,20,21). The predicted octanol–water partition coefficient (Wildman–Crippen LogP) is 3.94. The molecule has 0 saturated heterocycles. The van der Waals surface area contributed by atoms with Gasteiger partial charge in [0.05, 0.1) is 22.5 Å². The molecule has 0 unspecified atom stereocenters. The summed E-state index contributed by atoms with van der Waals surface area (Å²) in [5.41, 5.74) is 16.6. The Morgan fingerprint density at radius 2 is 1.04 bits per heavy atom. The first-order valence-electron chi connectivity index (χ1n) is 14.7. The zero-order valence-corrected chi connectivity index (χ0v) is 28.9. The lowest BCUT2D eigenvalue weighted by atomic mass is 9.96. The van der Waals surface area contributed by atoms with Gasteiger partial charge in [-0.3, -0.25) is 4.79 Å². The number of esters is 1. The second-order valence-electron chi connectivity index (χ2n) is 10.9. The quantitative estimate of drug-likeness (QED) is 0.119. The van der Waals surface area contributed by atoms with E-state index < -0.39 is 37.9 Å². The molecular weight excluding hydrogens is 655 g/mol. The molecule has 0 aromatic heterocycles. The zero-order chi connectivity index (χ0) is 36.0. The van der Waals surface area contributed by atoms with Crippen molar-refractivity contribution in [1.82, 2.24) is 0 Å². The number of ether oxygens (including phenoxy) is 1. The predicted molar refractivity (Wildman–Crippen MR) is 186 cm³/mol. The monoisotopic (exact) mass is 693 g/mol. The van der Waals surface area contributed by atoms with E-state index in [1.54, 1.807) is 24.3 Å². The number of nitrogens with two attached hydrogens (primary N) is 4. The maximum atomic E-state index is 12.2. The number of hydrogen-bond acceptors (Lipinski definition) is 7. The van der Waals surface area contributed by atoms with E-state index >= 15 is 0 Å². The van der Waals surface area contributed by atoms with Crippen LogP contribution in [0.2, 0.25) is 0 Å². The van der Waals surface area contributed by atoms with Gasteiger partial charge in [-0.15, -0.1) is 0 Å². The summed E-state index contributed by atoms with van der Waals surface area (Å²) < 4.78 is 52.8. The van der Waals surface area contributed by atoms with Crippen molar-refractivity contribution >= 4 is 37.9 Å². The molecule has 4 aromatic carbocycles. The molecule has 0 aliphatic rings. The van der Waals surface area contributed by atoms with Gasteiger partial charge in [-0.1, -0.05) is 73.5 Å². The number of hydrogen-bond donors (Lipinski definition) is 4. The lowest BCUT2D eigenvalue weighted by Crippen LogP contribution is -2.24. The summed E-state index contributed by atoms with van der Waals surface area (Å²) in [6, 6.07) is 20.6. The van der Waals surface area contributed by atoms with Crippen molar-refractivity contribution in [3.8, 4) is 22.3 Å². The highest BCUT2D eigenvalue weighted by Crippen LogP contribution is 2.32. The summed E-state index contributed by atoms with van der Waals surface area (Å²) in [4.78, 5) is 27.4. The lowest BCUT2D eigenvalue weighted by Gasteiger charge is -2.14. The molecule has 1 amide bonds. The van der Waals surface area contributed by atoms with E-state index in [4.69, 9.17) is 26.5 Å². The molecule has 0 saturated carbocycles. The van der Waals surface area contributed by atoms with Gasteiger partial charge in [0.15, 0.2) is 5.96 Å². The fourth-order valence-corrected chi connectivity index (χ4v) is 6.43. The fourth-order valence-electron chi connectivity index (χ4n) is 4.90. The van der Waals surface area contributed by atoms with Gasteiger partial charge in [0.2, 0.25) is 20.0 Å². The van der Waals surface area contributed by atoms with E-state index in [1.165, 1.54) is 19.2 Å². The van der Waals surface area contributed by atoms with Crippen LogP contribution in [0.4, 0.5) is 0 Å². The van der Waals surface area contributed by atoms with Gasteiger partial charge in [-0.2, -0.15) is 4.99 Å². The minimum atomic E-state index is -4.06. The Kier molecular flexibility index (Phi) is 12.0. The van der Waals surface area contributed by atoms with Gasteiger partial charge in [-0.05, 0) is 73.2 Å². The highest BCUT2D eigenvalue weighted by molar-refractivity contribution is 7.89. The molecule has 0 fully saturated rings. The molecule has 14 heteroatoms. The number of aliphatic imine (C=N–C) groups is 1. The number of primary sulfonamides is 2. The van der Waals surface area contributed by atoms with Crippen LogP contribution in [0, 0.1) is 13.8 Å². The first-order valence-corrected chi connectivity index (χ1v) is 17.8. The molecule has 0 bridgehead atoms. The number of guanidine groups is 1. The summed E-state index contributed by atoms with van der Waals surface area (Å²) in [6.07, 6.45) is 1.05. The Hall–Kier alpha value is -4.89. The molecule has 0 aliphatic heterocycles. The Bertz CT molecular complexity index is 2090. The third-order valence-corrected chi connectivity index (χ3v) is 9.28. The van der Waals surface area contributed by atoms with Crippen LogP contribution in [0.25, 0.3) is 22.3 Å². The van der Waals surface area contributed by atoms with Crippen LogP contribution >= 0.6 is 0 Å². The largest absolute Gasteiger partial charge is 0.465 e. The Morgan fingerprint density at radius 1 is 0.667 bits per heavy atom. The summed E-state index contributed by atoms with van der Waals surface area (Å²) in [6.45, 7) is 7.61. The van der Waals surface area contributed by atoms with Crippen LogP contribution in [0.3, 0.4) is 0 Å². The summed E-state index contributed by atoms with van der Waals surface area (Å²) in [7, 11) is -6.80. The third-order valence-electron chi connectivity index (χ3n) is 7.38. The first kappa shape index (κ1) is 37.6. The van der Waals surface area contributed by atoms with Gasteiger partial charge in [0.1, 0.15) is 0 Å². The molecule has 0 atom stereocenters. The molecule has 12 nitrogen and oxygen atoms in total. The maximum absolute atomic E-state index is 12.2. The molecule has 0 radical (unpaired) electrons. The molecule has 4 aromatic rings. The van der Waals surface area contributed by atoms with E-state index in [2.05, 4.69) is 4.99 Å². The molecule has 8 N–H and O–H groups in total. The Morgan fingerprint density at radius 3 is 1.38 bits per heavy atom. The number of nitrogens with zero attached hydrogens (tertiary/aromatic N) is 1. The summed E-state index contributed by atoms with van der Waals surface area (Å²) in [5.74, 6) is -1.69. The van der Waals surface area contributed by atoms with Crippen LogP contribution in [0.1, 0.15) is 56.8 Å². The molecule has 4 rings (SSSR count). The number of methoxy groups -OCH3 is 1. The smallest absolute Gasteiger partial charge is 0.338 e. The average molecular weight is 694 g/mol. The number of amides is 1. The van der Waals surface area contributed by atoms with Crippen molar-refractivity contribution in [1.29, 1.82) is 0 Å². The number of sulfonamides is 2. The lowest BCUT2D eigenvalue weighted by molar-refractivity contribution is 0.0599. The average Bonchev–Trinajstić information content (AvgIpc) is 3.03. The van der Waals surface area contributed by atoms with Gasteiger partial charge in [0, 0.05) is 16.7 Å². The fraction of sp³-hybridized carbons (Fsp3) is 0.206. The number of carbonyl (C=O) groups is 2. The first-order chi connectivity index (χ1) is 22.4. The van der Waals surface area contributed by atoms with E-state index in [1.807, 2.05) is 64.1 Å². The third kappa shape index (κ3) is 9.13.